The van der Waals surface area contributed by atoms with E-state index in [-0.39, 0.29) is 22.9 Å². The van der Waals surface area contributed by atoms with Gasteiger partial charge in [0.05, 0.1) is 10.9 Å². The van der Waals surface area contributed by atoms with Gasteiger partial charge in [0.15, 0.2) is 0 Å². The van der Waals surface area contributed by atoms with E-state index in [1.54, 1.807) is 24.3 Å². The molecule has 0 aliphatic heterocycles. The number of rotatable bonds is 8. The largest absolute Gasteiger partial charge is 0.350 e. The number of amides is 1. The van der Waals surface area contributed by atoms with Crippen molar-refractivity contribution in [3.8, 4) is 0 Å². The SMILES string of the molecule is C[C@H](NC(=O)CCc1ccc(S(=O)(=O)NC2CC2)cc1)c1ccccc1. The molecule has 5 nitrogen and oxygen atoms in total. The molecule has 6 heteroatoms. The van der Waals surface area contributed by atoms with Gasteiger partial charge in [-0.1, -0.05) is 42.5 Å². The summed E-state index contributed by atoms with van der Waals surface area (Å²) in [5, 5.41) is 2.99. The molecule has 138 valence electrons. The van der Waals surface area contributed by atoms with Gasteiger partial charge < -0.3 is 5.32 Å². The molecule has 3 rings (SSSR count). The topological polar surface area (TPSA) is 75.3 Å². The van der Waals surface area contributed by atoms with Crippen molar-refractivity contribution in [3.05, 3.63) is 65.7 Å². The zero-order valence-electron chi connectivity index (χ0n) is 14.8. The van der Waals surface area contributed by atoms with Crippen molar-refractivity contribution in [1.29, 1.82) is 0 Å². The number of carbonyl (C=O) groups is 1. The van der Waals surface area contributed by atoms with Gasteiger partial charge in [-0.2, -0.15) is 0 Å². The minimum atomic E-state index is -3.42. The molecule has 0 heterocycles. The molecule has 1 saturated carbocycles. The van der Waals surface area contributed by atoms with Gasteiger partial charge in [-0.05, 0) is 49.4 Å². The predicted octanol–water partition coefficient (Wildman–Crippen LogP) is 2.94. The fourth-order valence-electron chi connectivity index (χ4n) is 2.72. The summed E-state index contributed by atoms with van der Waals surface area (Å²) in [6.07, 6.45) is 2.76. The lowest BCUT2D eigenvalue weighted by Crippen LogP contribution is -2.26. The molecule has 26 heavy (non-hydrogen) atoms. The molecule has 0 spiro atoms. The molecule has 2 aromatic rings. The maximum atomic E-state index is 12.1. The molecule has 1 aliphatic carbocycles. The zero-order chi connectivity index (χ0) is 18.6. The summed E-state index contributed by atoms with van der Waals surface area (Å²) in [4.78, 5) is 12.4. The van der Waals surface area contributed by atoms with Crippen molar-refractivity contribution >= 4 is 15.9 Å². The van der Waals surface area contributed by atoms with Crippen molar-refractivity contribution in [2.24, 2.45) is 0 Å². The minimum absolute atomic E-state index is 0.0200. The average molecular weight is 372 g/mol. The van der Waals surface area contributed by atoms with Crippen LogP contribution in [0.5, 0.6) is 0 Å². The lowest BCUT2D eigenvalue weighted by atomic mass is 10.1. The Morgan fingerprint density at radius 3 is 2.35 bits per heavy atom. The molecule has 1 amide bonds. The normalized spacial score (nSPS) is 15.4. The highest BCUT2D eigenvalue weighted by atomic mass is 32.2. The number of sulfonamides is 1. The van der Waals surface area contributed by atoms with Crippen molar-refractivity contribution in [2.75, 3.05) is 0 Å². The van der Waals surface area contributed by atoms with Crippen LogP contribution in [-0.2, 0) is 21.2 Å². The van der Waals surface area contributed by atoms with Gasteiger partial charge in [0.1, 0.15) is 0 Å². The maximum absolute atomic E-state index is 12.1. The van der Waals surface area contributed by atoms with Crippen LogP contribution in [0.3, 0.4) is 0 Å². The number of nitrogens with one attached hydrogen (secondary N) is 2. The molecule has 0 bridgehead atoms. The Morgan fingerprint density at radius 2 is 1.73 bits per heavy atom. The standard InChI is InChI=1S/C20H24N2O3S/c1-15(17-5-3-2-4-6-17)21-20(23)14-9-16-7-12-19(13-8-16)26(24,25)22-18-10-11-18/h2-8,12-13,15,18,22H,9-11,14H2,1H3,(H,21,23)/t15-/m0/s1. The second-order valence-electron chi connectivity index (χ2n) is 6.74. The van der Waals surface area contributed by atoms with Gasteiger partial charge in [-0.25, -0.2) is 13.1 Å². The summed E-state index contributed by atoms with van der Waals surface area (Å²) in [6.45, 7) is 1.96. The highest BCUT2D eigenvalue weighted by molar-refractivity contribution is 7.89. The highest BCUT2D eigenvalue weighted by Crippen LogP contribution is 2.22. The van der Waals surface area contributed by atoms with Crippen LogP contribution >= 0.6 is 0 Å². The molecule has 0 unspecified atom stereocenters. The van der Waals surface area contributed by atoms with E-state index in [9.17, 15) is 13.2 Å². The first-order chi connectivity index (χ1) is 12.4. The van der Waals surface area contributed by atoms with Gasteiger partial charge in [0, 0.05) is 12.5 Å². The smallest absolute Gasteiger partial charge is 0.240 e. The van der Waals surface area contributed by atoms with Gasteiger partial charge >= 0.3 is 0 Å². The van der Waals surface area contributed by atoms with E-state index in [0.29, 0.717) is 12.8 Å². The molecule has 1 atom stereocenters. The van der Waals surface area contributed by atoms with E-state index >= 15 is 0 Å². The third-order valence-corrected chi connectivity index (χ3v) is 5.99. The van der Waals surface area contributed by atoms with Crippen LogP contribution in [0.4, 0.5) is 0 Å². The zero-order valence-corrected chi connectivity index (χ0v) is 15.6. The summed E-state index contributed by atoms with van der Waals surface area (Å²) in [5.74, 6) is -0.0200. The van der Waals surface area contributed by atoms with E-state index in [2.05, 4.69) is 10.0 Å². The molecule has 0 saturated heterocycles. The van der Waals surface area contributed by atoms with E-state index in [1.165, 1.54) is 0 Å². The first-order valence-electron chi connectivity index (χ1n) is 8.89. The minimum Gasteiger partial charge on any atom is -0.350 e. The first kappa shape index (κ1) is 18.6. The Kier molecular flexibility index (Phi) is 5.74. The average Bonchev–Trinajstić information content (AvgIpc) is 3.44. The van der Waals surface area contributed by atoms with Crippen LogP contribution in [0.2, 0.25) is 0 Å². The van der Waals surface area contributed by atoms with Gasteiger partial charge in [-0.15, -0.1) is 0 Å². The van der Waals surface area contributed by atoms with Crippen molar-refractivity contribution in [2.45, 2.75) is 49.6 Å². The monoisotopic (exact) mass is 372 g/mol. The fraction of sp³-hybridized carbons (Fsp3) is 0.350. The fourth-order valence-corrected chi connectivity index (χ4v) is 4.03. The number of benzene rings is 2. The van der Waals surface area contributed by atoms with E-state index < -0.39 is 10.0 Å². The molecular formula is C20H24N2O3S. The maximum Gasteiger partial charge on any atom is 0.240 e. The van der Waals surface area contributed by atoms with Gasteiger partial charge in [0.25, 0.3) is 0 Å². The summed E-state index contributed by atoms with van der Waals surface area (Å²) in [5.41, 5.74) is 2.01. The summed E-state index contributed by atoms with van der Waals surface area (Å²) in [6, 6.07) is 16.6. The quantitative estimate of drug-likeness (QED) is 0.748. The summed E-state index contributed by atoms with van der Waals surface area (Å²) < 4.78 is 26.9. The first-order valence-corrected chi connectivity index (χ1v) is 10.4. The van der Waals surface area contributed by atoms with Crippen LogP contribution in [-0.4, -0.2) is 20.4 Å². The molecule has 1 fully saturated rings. The number of hydrogen-bond donors (Lipinski definition) is 2. The second-order valence-corrected chi connectivity index (χ2v) is 8.45. The van der Waals surface area contributed by atoms with Crippen LogP contribution < -0.4 is 10.0 Å². The number of hydrogen-bond acceptors (Lipinski definition) is 3. The Hall–Kier alpha value is -2.18. The Balaban J connectivity index is 1.50. The lowest BCUT2D eigenvalue weighted by Gasteiger charge is -2.14. The molecular weight excluding hydrogens is 348 g/mol. The third-order valence-electron chi connectivity index (χ3n) is 4.45. The predicted molar refractivity (Wildman–Crippen MR) is 101 cm³/mol. The summed E-state index contributed by atoms with van der Waals surface area (Å²) in [7, 11) is -3.42. The molecule has 2 N–H and O–H groups in total. The highest BCUT2D eigenvalue weighted by Gasteiger charge is 2.27. The van der Waals surface area contributed by atoms with E-state index in [0.717, 1.165) is 24.0 Å². The van der Waals surface area contributed by atoms with Crippen LogP contribution in [0.15, 0.2) is 59.5 Å². The molecule has 0 aromatic heterocycles. The van der Waals surface area contributed by atoms with Crippen LogP contribution in [0.25, 0.3) is 0 Å². The van der Waals surface area contributed by atoms with Gasteiger partial charge in [-0.3, -0.25) is 4.79 Å². The van der Waals surface area contributed by atoms with Crippen LogP contribution in [0, 0.1) is 0 Å². The van der Waals surface area contributed by atoms with E-state index in [4.69, 9.17) is 0 Å². The molecule has 2 aromatic carbocycles. The molecule has 1 aliphatic rings. The van der Waals surface area contributed by atoms with Gasteiger partial charge in [0.2, 0.25) is 15.9 Å². The lowest BCUT2D eigenvalue weighted by molar-refractivity contribution is -0.121. The van der Waals surface area contributed by atoms with Crippen LogP contribution in [0.1, 0.15) is 43.4 Å². The summed E-state index contributed by atoms with van der Waals surface area (Å²) >= 11 is 0. The number of aryl methyl sites for hydroxylation is 1. The Bertz CT molecular complexity index is 844. The number of carbonyl (C=O) groups excluding carboxylic acids is 1. The van der Waals surface area contributed by atoms with Crippen molar-refractivity contribution in [1.82, 2.24) is 10.0 Å². The van der Waals surface area contributed by atoms with Crippen molar-refractivity contribution < 1.29 is 13.2 Å². The molecule has 0 radical (unpaired) electrons. The third kappa shape index (κ3) is 5.16. The van der Waals surface area contributed by atoms with Crippen molar-refractivity contribution in [3.63, 3.8) is 0 Å². The van der Waals surface area contributed by atoms with E-state index in [1.807, 2.05) is 37.3 Å². The Labute approximate surface area is 154 Å². The second kappa shape index (κ2) is 8.01. The Morgan fingerprint density at radius 1 is 1.08 bits per heavy atom.